The summed E-state index contributed by atoms with van der Waals surface area (Å²) in [5.74, 6) is -1.14. The second-order valence-corrected chi connectivity index (χ2v) is 5.62. The number of rotatable bonds is 4. The first kappa shape index (κ1) is 17.3. The fraction of sp³-hybridized carbons (Fsp3) is 0.286. The molecule has 0 amide bonds. The minimum absolute atomic E-state index is 0.0908. The van der Waals surface area contributed by atoms with Crippen LogP contribution >= 0.6 is 11.8 Å². The fourth-order valence-corrected chi connectivity index (χ4v) is 2.68. The first-order valence-corrected chi connectivity index (χ1v) is 7.26. The number of aromatic nitrogens is 2. The lowest BCUT2D eigenvalue weighted by Gasteiger charge is -2.08. The molecule has 0 aliphatic carbocycles. The molecule has 3 nitrogen and oxygen atoms in total. The van der Waals surface area contributed by atoms with E-state index in [1.807, 2.05) is 6.07 Å². The standard InChI is InChI=1S/C14H10F5N3S/c1-22-11(13(15)16)5-10(21-22)8-2-3-9(6-20)12(4-8)23-7-14(17,18)19/h2-5,13H,7H2,1H3. The molecule has 0 atom stereocenters. The molecular weight excluding hydrogens is 337 g/mol. The number of hydrogen-bond donors (Lipinski definition) is 0. The van der Waals surface area contributed by atoms with E-state index in [2.05, 4.69) is 5.10 Å². The van der Waals surface area contributed by atoms with Crippen LogP contribution in [0.4, 0.5) is 22.0 Å². The van der Waals surface area contributed by atoms with E-state index < -0.39 is 18.4 Å². The number of aryl methyl sites for hydroxylation is 1. The molecule has 0 saturated heterocycles. The lowest BCUT2D eigenvalue weighted by Crippen LogP contribution is -2.10. The lowest BCUT2D eigenvalue weighted by molar-refractivity contribution is -0.105. The Labute approximate surface area is 132 Å². The van der Waals surface area contributed by atoms with Crippen LogP contribution in [0, 0.1) is 11.3 Å². The maximum absolute atomic E-state index is 12.8. The molecule has 122 valence electrons. The molecule has 1 aromatic heterocycles. The highest BCUT2D eigenvalue weighted by Gasteiger charge is 2.28. The van der Waals surface area contributed by atoms with Crippen molar-refractivity contribution in [3.8, 4) is 17.3 Å². The van der Waals surface area contributed by atoms with E-state index in [0.717, 1.165) is 4.68 Å². The molecule has 2 rings (SSSR count). The number of nitriles is 1. The normalized spacial score (nSPS) is 11.7. The number of hydrogen-bond acceptors (Lipinski definition) is 3. The van der Waals surface area contributed by atoms with Gasteiger partial charge in [0, 0.05) is 17.5 Å². The molecule has 0 aliphatic rings. The largest absolute Gasteiger partial charge is 0.398 e. The summed E-state index contributed by atoms with van der Waals surface area (Å²) in [5, 5.41) is 12.9. The minimum Gasteiger partial charge on any atom is -0.266 e. The van der Waals surface area contributed by atoms with Crippen LogP contribution in [-0.4, -0.2) is 21.7 Å². The van der Waals surface area contributed by atoms with Crippen LogP contribution < -0.4 is 0 Å². The molecule has 9 heteroatoms. The van der Waals surface area contributed by atoms with Crippen molar-refractivity contribution in [2.24, 2.45) is 7.05 Å². The SMILES string of the molecule is Cn1nc(-c2ccc(C#N)c(SCC(F)(F)F)c2)cc1C(F)F. The third-order valence-corrected chi connectivity index (χ3v) is 4.05. The highest BCUT2D eigenvalue weighted by molar-refractivity contribution is 7.99. The summed E-state index contributed by atoms with van der Waals surface area (Å²) in [4.78, 5) is 0.131. The number of nitrogens with zero attached hydrogens (tertiary/aromatic N) is 3. The van der Waals surface area contributed by atoms with Crippen molar-refractivity contribution >= 4 is 11.8 Å². The van der Waals surface area contributed by atoms with Crippen LogP contribution in [0.15, 0.2) is 29.2 Å². The molecule has 0 fully saturated rings. The van der Waals surface area contributed by atoms with E-state index in [1.54, 1.807) is 0 Å². The van der Waals surface area contributed by atoms with Gasteiger partial charge in [0.1, 0.15) is 11.8 Å². The van der Waals surface area contributed by atoms with Gasteiger partial charge in [-0.1, -0.05) is 6.07 Å². The van der Waals surface area contributed by atoms with Gasteiger partial charge in [-0.3, -0.25) is 4.68 Å². The highest BCUT2D eigenvalue weighted by Crippen LogP contribution is 2.33. The van der Waals surface area contributed by atoms with E-state index >= 15 is 0 Å². The maximum atomic E-state index is 12.8. The molecule has 0 N–H and O–H groups in total. The van der Waals surface area contributed by atoms with Crippen molar-refractivity contribution in [2.75, 3.05) is 5.75 Å². The van der Waals surface area contributed by atoms with Gasteiger partial charge >= 0.3 is 6.18 Å². The summed E-state index contributed by atoms with van der Waals surface area (Å²) in [5.41, 5.74) is 0.374. The summed E-state index contributed by atoms with van der Waals surface area (Å²) < 4.78 is 63.6. The third kappa shape index (κ3) is 4.22. The Morgan fingerprint density at radius 1 is 1.30 bits per heavy atom. The summed E-state index contributed by atoms with van der Waals surface area (Å²) in [6.07, 6.45) is -7.08. The van der Waals surface area contributed by atoms with Gasteiger partial charge in [0.2, 0.25) is 0 Å². The fourth-order valence-electron chi connectivity index (χ4n) is 1.88. The zero-order valence-electron chi connectivity index (χ0n) is 11.7. The maximum Gasteiger partial charge on any atom is 0.398 e. The molecule has 1 aromatic carbocycles. The lowest BCUT2D eigenvalue weighted by atomic mass is 10.1. The smallest absolute Gasteiger partial charge is 0.266 e. The Morgan fingerprint density at radius 2 is 2.00 bits per heavy atom. The van der Waals surface area contributed by atoms with Crippen molar-refractivity contribution < 1.29 is 22.0 Å². The van der Waals surface area contributed by atoms with Gasteiger partial charge in [0.25, 0.3) is 6.43 Å². The van der Waals surface area contributed by atoms with Crippen molar-refractivity contribution in [3.63, 3.8) is 0 Å². The minimum atomic E-state index is -4.37. The Kier molecular flexibility index (Phi) is 4.94. The van der Waals surface area contributed by atoms with E-state index in [0.29, 0.717) is 17.3 Å². The van der Waals surface area contributed by atoms with Gasteiger partial charge in [-0.25, -0.2) is 8.78 Å². The topological polar surface area (TPSA) is 41.6 Å². The quantitative estimate of drug-likeness (QED) is 0.602. The second kappa shape index (κ2) is 6.58. The van der Waals surface area contributed by atoms with E-state index in [4.69, 9.17) is 5.26 Å². The Hall–Kier alpha value is -2.08. The van der Waals surface area contributed by atoms with Gasteiger partial charge in [-0.05, 0) is 18.2 Å². The molecule has 0 unspecified atom stereocenters. The molecule has 1 heterocycles. The molecular formula is C14H10F5N3S. The van der Waals surface area contributed by atoms with Crippen LogP contribution in [0.2, 0.25) is 0 Å². The summed E-state index contributed by atoms with van der Waals surface area (Å²) in [7, 11) is 1.36. The molecule has 0 aliphatic heterocycles. The number of benzene rings is 1. The van der Waals surface area contributed by atoms with Gasteiger partial charge < -0.3 is 0 Å². The van der Waals surface area contributed by atoms with Crippen LogP contribution in [0.5, 0.6) is 0 Å². The second-order valence-electron chi connectivity index (χ2n) is 4.61. The summed E-state index contributed by atoms with van der Waals surface area (Å²) >= 11 is 0.474. The predicted molar refractivity (Wildman–Crippen MR) is 75.1 cm³/mol. The molecule has 23 heavy (non-hydrogen) atoms. The van der Waals surface area contributed by atoms with Gasteiger partial charge in [-0.15, -0.1) is 11.8 Å². The Morgan fingerprint density at radius 3 is 2.52 bits per heavy atom. The monoisotopic (exact) mass is 347 g/mol. The van der Waals surface area contributed by atoms with Crippen LogP contribution in [0.1, 0.15) is 17.7 Å². The van der Waals surface area contributed by atoms with Crippen molar-refractivity contribution in [2.45, 2.75) is 17.5 Å². The zero-order valence-corrected chi connectivity index (χ0v) is 12.6. The summed E-state index contributed by atoms with van der Waals surface area (Å²) in [6.45, 7) is 0. The molecule has 0 bridgehead atoms. The number of alkyl halides is 5. The van der Waals surface area contributed by atoms with Crippen LogP contribution in [0.3, 0.4) is 0 Å². The summed E-state index contributed by atoms with van der Waals surface area (Å²) in [6, 6.07) is 7.15. The molecule has 0 saturated carbocycles. The van der Waals surface area contributed by atoms with Crippen LogP contribution in [-0.2, 0) is 7.05 Å². The van der Waals surface area contributed by atoms with Gasteiger partial charge in [-0.2, -0.15) is 23.5 Å². The Balaban J connectivity index is 2.37. The van der Waals surface area contributed by atoms with Gasteiger partial charge in [0.15, 0.2) is 0 Å². The number of halogens is 5. The van der Waals surface area contributed by atoms with E-state index in [1.165, 1.54) is 31.3 Å². The van der Waals surface area contributed by atoms with Crippen molar-refractivity contribution in [3.05, 3.63) is 35.5 Å². The highest BCUT2D eigenvalue weighted by atomic mass is 32.2. The Bertz CT molecular complexity index is 746. The van der Waals surface area contributed by atoms with E-state index in [9.17, 15) is 22.0 Å². The average molecular weight is 347 g/mol. The average Bonchev–Trinajstić information content (AvgIpc) is 2.86. The molecule has 0 spiro atoms. The van der Waals surface area contributed by atoms with Crippen LogP contribution in [0.25, 0.3) is 11.3 Å². The third-order valence-electron chi connectivity index (χ3n) is 2.93. The first-order chi connectivity index (χ1) is 10.7. The zero-order chi connectivity index (χ0) is 17.2. The first-order valence-electron chi connectivity index (χ1n) is 6.27. The van der Waals surface area contributed by atoms with Crippen molar-refractivity contribution in [1.29, 1.82) is 5.26 Å². The predicted octanol–water partition coefficient (Wildman–Crippen LogP) is 4.55. The van der Waals surface area contributed by atoms with Gasteiger partial charge in [0.05, 0.1) is 17.0 Å². The molecule has 2 aromatic rings. The molecule has 0 radical (unpaired) electrons. The van der Waals surface area contributed by atoms with E-state index in [-0.39, 0.29) is 21.8 Å². The number of thioether (sulfide) groups is 1. The van der Waals surface area contributed by atoms with Crippen molar-refractivity contribution in [1.82, 2.24) is 9.78 Å².